The molecule has 3 fully saturated rings. The first-order chi connectivity index (χ1) is 13.5. The number of carbonyl (C=O) groups is 2. The molecule has 2 amide bonds. The summed E-state index contributed by atoms with van der Waals surface area (Å²) in [6, 6.07) is 7.43. The molecule has 1 aromatic heterocycles. The number of aromatic nitrogens is 2. The highest BCUT2D eigenvalue weighted by molar-refractivity contribution is 6.04. The van der Waals surface area contributed by atoms with Crippen LogP contribution < -0.4 is 5.56 Å². The Bertz CT molecular complexity index is 1030. The molecule has 3 saturated heterocycles. The van der Waals surface area contributed by atoms with Crippen LogP contribution in [0.4, 0.5) is 0 Å². The molecular weight excluding hydrogens is 356 g/mol. The van der Waals surface area contributed by atoms with Crippen LogP contribution in [0.25, 0.3) is 10.8 Å². The molecule has 0 spiro atoms. The first-order valence-electron chi connectivity index (χ1n) is 10.1. The van der Waals surface area contributed by atoms with Crippen molar-refractivity contribution in [1.82, 2.24) is 19.6 Å². The van der Waals surface area contributed by atoms with Gasteiger partial charge in [0.05, 0.1) is 5.39 Å². The zero-order chi connectivity index (χ0) is 19.4. The van der Waals surface area contributed by atoms with Crippen LogP contribution >= 0.6 is 0 Å². The first-order valence-corrected chi connectivity index (χ1v) is 10.1. The van der Waals surface area contributed by atoms with Crippen LogP contribution in [-0.4, -0.2) is 57.1 Å². The van der Waals surface area contributed by atoms with Gasteiger partial charge < -0.3 is 9.80 Å². The molecule has 1 aromatic carbocycles. The molecule has 146 valence electrons. The van der Waals surface area contributed by atoms with Crippen molar-refractivity contribution in [2.45, 2.75) is 31.7 Å². The second kappa shape index (κ2) is 6.43. The zero-order valence-corrected chi connectivity index (χ0v) is 16.0. The second-order valence-electron chi connectivity index (χ2n) is 8.40. The Hall–Kier alpha value is -2.70. The minimum absolute atomic E-state index is 0.114. The molecule has 3 aliphatic heterocycles. The van der Waals surface area contributed by atoms with Crippen LogP contribution in [0.15, 0.2) is 29.1 Å². The molecule has 3 atom stereocenters. The molecule has 0 N–H and O–H groups in total. The Morgan fingerprint density at radius 2 is 1.89 bits per heavy atom. The van der Waals surface area contributed by atoms with Gasteiger partial charge in [0.2, 0.25) is 5.91 Å². The van der Waals surface area contributed by atoms with E-state index in [1.54, 1.807) is 25.2 Å². The topological polar surface area (TPSA) is 75.5 Å². The summed E-state index contributed by atoms with van der Waals surface area (Å²) in [5, 5.41) is 5.44. The molecule has 28 heavy (non-hydrogen) atoms. The van der Waals surface area contributed by atoms with Crippen LogP contribution in [0.5, 0.6) is 0 Å². The van der Waals surface area contributed by atoms with E-state index in [-0.39, 0.29) is 23.4 Å². The molecule has 3 unspecified atom stereocenters. The number of piperidine rings is 3. The smallest absolute Gasteiger partial charge is 0.274 e. The van der Waals surface area contributed by atoms with E-state index in [1.165, 1.54) is 4.68 Å². The predicted octanol–water partition coefficient (Wildman–Crippen LogP) is 1.41. The lowest BCUT2D eigenvalue weighted by Crippen LogP contribution is -2.61. The highest BCUT2D eigenvalue weighted by Crippen LogP contribution is 2.38. The van der Waals surface area contributed by atoms with Crippen molar-refractivity contribution < 1.29 is 9.59 Å². The van der Waals surface area contributed by atoms with Crippen LogP contribution in [0, 0.1) is 11.8 Å². The van der Waals surface area contributed by atoms with E-state index in [1.807, 2.05) is 11.0 Å². The van der Waals surface area contributed by atoms with E-state index in [2.05, 4.69) is 10.00 Å². The maximum atomic E-state index is 13.4. The number of benzene rings is 1. The maximum absolute atomic E-state index is 13.4. The Labute approximate surface area is 162 Å². The molecule has 4 heterocycles. The fourth-order valence-electron chi connectivity index (χ4n) is 5.38. The number of likely N-dealkylation sites (tertiary alicyclic amines) is 1. The molecule has 0 saturated carbocycles. The Morgan fingerprint density at radius 1 is 1.11 bits per heavy atom. The minimum Gasteiger partial charge on any atom is -0.339 e. The Morgan fingerprint density at radius 3 is 2.71 bits per heavy atom. The third-order valence-corrected chi connectivity index (χ3v) is 6.63. The first kappa shape index (κ1) is 17.4. The number of hydrogen-bond acceptors (Lipinski definition) is 4. The van der Waals surface area contributed by atoms with Gasteiger partial charge in [0, 0.05) is 44.5 Å². The molecule has 2 bridgehead atoms. The van der Waals surface area contributed by atoms with E-state index in [0.717, 1.165) is 25.8 Å². The van der Waals surface area contributed by atoms with Crippen LogP contribution in [0.3, 0.4) is 0 Å². The molecule has 0 aliphatic carbocycles. The molecule has 3 aliphatic rings. The van der Waals surface area contributed by atoms with Crippen LogP contribution in [-0.2, 0) is 11.8 Å². The van der Waals surface area contributed by atoms with Gasteiger partial charge in [0.15, 0.2) is 5.69 Å². The van der Waals surface area contributed by atoms with E-state index >= 15 is 0 Å². The number of nitrogens with zero attached hydrogens (tertiary/aromatic N) is 4. The van der Waals surface area contributed by atoms with Crippen molar-refractivity contribution in [2.24, 2.45) is 18.9 Å². The standard InChI is InChI=1S/C21H24N4O3/c1-23-20(27)16-6-3-2-5-15(16)19(22-23)21(28)24-10-13-9-14(12-24)17-7-4-8-18(26)25(17)11-13/h2-3,5-6,13-14,17H,4,7-12H2,1H3. The average Bonchev–Trinajstić information content (AvgIpc) is 2.71. The third kappa shape index (κ3) is 2.64. The van der Waals surface area contributed by atoms with Gasteiger partial charge in [-0.2, -0.15) is 5.10 Å². The lowest BCUT2D eigenvalue weighted by atomic mass is 9.76. The maximum Gasteiger partial charge on any atom is 0.274 e. The lowest BCUT2D eigenvalue weighted by molar-refractivity contribution is -0.144. The summed E-state index contributed by atoms with van der Waals surface area (Å²) in [5.41, 5.74) is 0.147. The van der Waals surface area contributed by atoms with E-state index < -0.39 is 0 Å². The number of hydrogen-bond donors (Lipinski definition) is 0. The largest absolute Gasteiger partial charge is 0.339 e. The quantitative estimate of drug-likeness (QED) is 0.750. The van der Waals surface area contributed by atoms with Gasteiger partial charge in [-0.1, -0.05) is 18.2 Å². The van der Waals surface area contributed by atoms with Crippen molar-refractivity contribution in [2.75, 3.05) is 19.6 Å². The normalized spacial score (nSPS) is 27.0. The van der Waals surface area contributed by atoms with Crippen LogP contribution in [0.1, 0.15) is 36.2 Å². The molecule has 0 radical (unpaired) electrons. The SMILES string of the molecule is Cn1nc(C(=O)N2CC3CC(C2)C2CCCC(=O)N2C3)c2ccccc2c1=O. The zero-order valence-electron chi connectivity index (χ0n) is 16.0. The Kier molecular flexibility index (Phi) is 4.00. The molecule has 7 heteroatoms. The lowest BCUT2D eigenvalue weighted by Gasteiger charge is -2.52. The van der Waals surface area contributed by atoms with Crippen molar-refractivity contribution in [3.05, 3.63) is 40.3 Å². The van der Waals surface area contributed by atoms with E-state index in [0.29, 0.717) is 47.8 Å². The van der Waals surface area contributed by atoms with E-state index in [9.17, 15) is 14.4 Å². The number of rotatable bonds is 1. The van der Waals surface area contributed by atoms with Gasteiger partial charge >= 0.3 is 0 Å². The second-order valence-corrected chi connectivity index (χ2v) is 8.40. The highest BCUT2D eigenvalue weighted by Gasteiger charge is 2.45. The molecule has 2 aromatic rings. The number of fused-ring (bicyclic) bond motifs is 5. The summed E-state index contributed by atoms with van der Waals surface area (Å²) >= 11 is 0. The van der Waals surface area contributed by atoms with E-state index in [4.69, 9.17) is 0 Å². The predicted molar refractivity (Wildman–Crippen MR) is 104 cm³/mol. The monoisotopic (exact) mass is 380 g/mol. The van der Waals surface area contributed by atoms with Gasteiger partial charge in [-0.15, -0.1) is 0 Å². The van der Waals surface area contributed by atoms with Gasteiger partial charge in [0.25, 0.3) is 11.5 Å². The van der Waals surface area contributed by atoms with Gasteiger partial charge in [-0.25, -0.2) is 4.68 Å². The number of aryl methyl sites for hydroxylation is 1. The highest BCUT2D eigenvalue weighted by atomic mass is 16.2. The van der Waals surface area contributed by atoms with Crippen molar-refractivity contribution in [1.29, 1.82) is 0 Å². The summed E-state index contributed by atoms with van der Waals surface area (Å²) in [4.78, 5) is 42.1. The van der Waals surface area contributed by atoms with Gasteiger partial charge in [0.1, 0.15) is 0 Å². The molecule has 5 rings (SSSR count). The Balaban J connectivity index is 1.48. The number of carbonyl (C=O) groups excluding carboxylic acids is 2. The fourth-order valence-corrected chi connectivity index (χ4v) is 5.38. The summed E-state index contributed by atoms with van der Waals surface area (Å²) < 4.78 is 1.25. The van der Waals surface area contributed by atoms with Gasteiger partial charge in [-0.05, 0) is 37.2 Å². The van der Waals surface area contributed by atoms with Crippen LogP contribution in [0.2, 0.25) is 0 Å². The minimum atomic E-state index is -0.195. The molecule has 7 nitrogen and oxygen atoms in total. The summed E-state index contributed by atoms with van der Waals surface area (Å²) in [6.07, 6.45) is 3.72. The summed E-state index contributed by atoms with van der Waals surface area (Å²) in [6.45, 7) is 2.05. The average molecular weight is 380 g/mol. The van der Waals surface area contributed by atoms with Crippen molar-refractivity contribution in [3.8, 4) is 0 Å². The van der Waals surface area contributed by atoms with Crippen molar-refractivity contribution in [3.63, 3.8) is 0 Å². The summed E-state index contributed by atoms with van der Waals surface area (Å²) in [5.74, 6) is 0.813. The van der Waals surface area contributed by atoms with Crippen molar-refractivity contribution >= 4 is 22.6 Å². The third-order valence-electron chi connectivity index (χ3n) is 6.63. The fraction of sp³-hybridized carbons (Fsp3) is 0.524. The van der Waals surface area contributed by atoms with Gasteiger partial charge in [-0.3, -0.25) is 14.4 Å². The number of amides is 2. The molecular formula is C21H24N4O3. The summed E-state index contributed by atoms with van der Waals surface area (Å²) in [7, 11) is 1.59.